The van der Waals surface area contributed by atoms with Gasteiger partial charge in [-0.05, 0) is 24.5 Å². The average Bonchev–Trinajstić information content (AvgIpc) is 2.83. The summed E-state index contributed by atoms with van der Waals surface area (Å²) in [6.45, 7) is 1.45. The molecule has 5 nitrogen and oxygen atoms in total. The van der Waals surface area contributed by atoms with Crippen LogP contribution in [0.15, 0.2) is 24.5 Å². The first-order chi connectivity index (χ1) is 8.27. The summed E-state index contributed by atoms with van der Waals surface area (Å²) in [7, 11) is 0. The van der Waals surface area contributed by atoms with Gasteiger partial charge in [0, 0.05) is 25.5 Å². The minimum Gasteiger partial charge on any atom is -0.377 e. The van der Waals surface area contributed by atoms with Gasteiger partial charge < -0.3 is 10.5 Å². The first-order valence-electron chi connectivity index (χ1n) is 5.81. The standard InChI is InChI=1S/C12H17N3O2/c13-12(16)11(9-3-1-5-14-7-9)15-8-10-4-2-6-17-10/h1,3,5,7,10-11,15H,2,4,6,8H2,(H2,13,16). The SMILES string of the molecule is NC(=O)C(NCC1CCCO1)c1cccnc1. The fourth-order valence-electron chi connectivity index (χ4n) is 1.98. The fraction of sp³-hybridized carbons (Fsp3) is 0.500. The quantitative estimate of drug-likeness (QED) is 0.773. The van der Waals surface area contributed by atoms with Crippen molar-refractivity contribution in [3.8, 4) is 0 Å². The predicted molar refractivity (Wildman–Crippen MR) is 63.1 cm³/mol. The molecule has 0 saturated carbocycles. The molecule has 2 heterocycles. The third-order valence-corrected chi connectivity index (χ3v) is 2.88. The van der Waals surface area contributed by atoms with E-state index in [-0.39, 0.29) is 6.10 Å². The van der Waals surface area contributed by atoms with E-state index in [9.17, 15) is 4.79 Å². The first kappa shape index (κ1) is 12.0. The highest BCUT2D eigenvalue weighted by molar-refractivity contribution is 5.81. The van der Waals surface area contributed by atoms with Crippen LogP contribution in [0.1, 0.15) is 24.4 Å². The van der Waals surface area contributed by atoms with Crippen molar-refractivity contribution in [2.75, 3.05) is 13.2 Å². The van der Waals surface area contributed by atoms with Gasteiger partial charge in [0.2, 0.25) is 5.91 Å². The van der Waals surface area contributed by atoms with Crippen LogP contribution in [0.2, 0.25) is 0 Å². The molecule has 1 amide bonds. The molecule has 92 valence electrons. The van der Waals surface area contributed by atoms with Gasteiger partial charge in [0.15, 0.2) is 0 Å². The zero-order chi connectivity index (χ0) is 12.1. The van der Waals surface area contributed by atoms with E-state index in [1.807, 2.05) is 6.07 Å². The predicted octanol–water partition coefficient (Wildman–Crippen LogP) is 0.377. The van der Waals surface area contributed by atoms with Gasteiger partial charge >= 0.3 is 0 Å². The van der Waals surface area contributed by atoms with Gasteiger partial charge in [0.25, 0.3) is 0 Å². The van der Waals surface area contributed by atoms with Gasteiger partial charge in [-0.1, -0.05) is 6.07 Å². The normalized spacial score (nSPS) is 21.3. The Morgan fingerprint density at radius 1 is 1.71 bits per heavy atom. The van der Waals surface area contributed by atoms with Crippen molar-refractivity contribution < 1.29 is 9.53 Å². The number of nitrogens with one attached hydrogen (secondary N) is 1. The zero-order valence-electron chi connectivity index (χ0n) is 9.63. The number of nitrogens with zero attached hydrogens (tertiary/aromatic N) is 1. The molecule has 1 saturated heterocycles. The van der Waals surface area contributed by atoms with E-state index in [4.69, 9.17) is 10.5 Å². The molecular formula is C12H17N3O2. The van der Waals surface area contributed by atoms with E-state index in [1.165, 1.54) is 0 Å². The average molecular weight is 235 g/mol. The summed E-state index contributed by atoms with van der Waals surface area (Å²) < 4.78 is 5.49. The van der Waals surface area contributed by atoms with Crippen LogP contribution in [0.25, 0.3) is 0 Å². The van der Waals surface area contributed by atoms with Gasteiger partial charge in [0.1, 0.15) is 6.04 Å². The highest BCUT2D eigenvalue weighted by atomic mass is 16.5. The summed E-state index contributed by atoms with van der Waals surface area (Å²) in [5.74, 6) is -0.393. The lowest BCUT2D eigenvalue weighted by Crippen LogP contribution is -2.37. The Bertz CT molecular complexity index is 363. The molecule has 0 aromatic carbocycles. The molecule has 2 unspecified atom stereocenters. The number of amides is 1. The molecule has 1 aliphatic heterocycles. The molecule has 0 radical (unpaired) electrons. The number of carbonyl (C=O) groups is 1. The Morgan fingerprint density at radius 3 is 3.18 bits per heavy atom. The number of hydrogen-bond donors (Lipinski definition) is 2. The van der Waals surface area contributed by atoms with Gasteiger partial charge in [-0.25, -0.2) is 0 Å². The van der Waals surface area contributed by atoms with Gasteiger partial charge in [-0.3, -0.25) is 15.1 Å². The number of rotatable bonds is 5. The lowest BCUT2D eigenvalue weighted by Gasteiger charge is -2.18. The van der Waals surface area contributed by atoms with Crippen molar-refractivity contribution in [3.63, 3.8) is 0 Å². The summed E-state index contributed by atoms with van der Waals surface area (Å²) in [6, 6.07) is 3.14. The first-order valence-corrected chi connectivity index (χ1v) is 5.81. The molecule has 1 aromatic heterocycles. The largest absolute Gasteiger partial charge is 0.377 e. The highest BCUT2D eigenvalue weighted by Crippen LogP contribution is 2.14. The maximum absolute atomic E-state index is 11.4. The minimum absolute atomic E-state index is 0.188. The molecule has 1 aliphatic rings. The number of ether oxygens (including phenoxy) is 1. The Balaban J connectivity index is 1.95. The van der Waals surface area contributed by atoms with Gasteiger partial charge in [-0.2, -0.15) is 0 Å². The molecule has 5 heteroatoms. The number of nitrogens with two attached hydrogens (primary N) is 1. The van der Waals surface area contributed by atoms with Crippen molar-refractivity contribution in [3.05, 3.63) is 30.1 Å². The summed E-state index contributed by atoms with van der Waals surface area (Å²) in [6.07, 6.45) is 5.62. The number of aromatic nitrogens is 1. The van der Waals surface area contributed by atoms with Crippen molar-refractivity contribution in [2.24, 2.45) is 5.73 Å². The van der Waals surface area contributed by atoms with Crippen molar-refractivity contribution in [1.82, 2.24) is 10.3 Å². The number of carbonyl (C=O) groups excluding carboxylic acids is 1. The third-order valence-electron chi connectivity index (χ3n) is 2.88. The smallest absolute Gasteiger partial charge is 0.239 e. The zero-order valence-corrected chi connectivity index (χ0v) is 9.63. The van der Waals surface area contributed by atoms with Crippen molar-refractivity contribution in [1.29, 1.82) is 0 Å². The Labute approximate surface area is 100 Å². The van der Waals surface area contributed by atoms with Crippen LogP contribution >= 0.6 is 0 Å². The number of primary amides is 1. The Hall–Kier alpha value is -1.46. The number of pyridine rings is 1. The molecule has 1 fully saturated rings. The van der Waals surface area contributed by atoms with Crippen LogP contribution in [-0.2, 0) is 9.53 Å². The van der Waals surface area contributed by atoms with E-state index in [0.29, 0.717) is 6.54 Å². The molecule has 0 spiro atoms. The van der Waals surface area contributed by atoms with E-state index < -0.39 is 11.9 Å². The van der Waals surface area contributed by atoms with E-state index >= 15 is 0 Å². The van der Waals surface area contributed by atoms with Crippen LogP contribution < -0.4 is 11.1 Å². The van der Waals surface area contributed by atoms with Crippen molar-refractivity contribution >= 4 is 5.91 Å². The van der Waals surface area contributed by atoms with Crippen LogP contribution in [-0.4, -0.2) is 30.1 Å². The summed E-state index contributed by atoms with van der Waals surface area (Å²) in [5, 5.41) is 3.14. The molecule has 1 aromatic rings. The summed E-state index contributed by atoms with van der Waals surface area (Å²) >= 11 is 0. The minimum atomic E-state index is -0.493. The van der Waals surface area contributed by atoms with Gasteiger partial charge in [0.05, 0.1) is 6.10 Å². The highest BCUT2D eigenvalue weighted by Gasteiger charge is 2.21. The fourth-order valence-corrected chi connectivity index (χ4v) is 1.98. The lowest BCUT2D eigenvalue weighted by atomic mass is 10.1. The van der Waals surface area contributed by atoms with E-state index in [0.717, 1.165) is 25.0 Å². The van der Waals surface area contributed by atoms with Crippen molar-refractivity contribution in [2.45, 2.75) is 25.0 Å². The molecule has 2 atom stereocenters. The summed E-state index contributed by atoms with van der Waals surface area (Å²) in [4.78, 5) is 15.4. The molecule has 2 rings (SSSR count). The molecule has 0 aliphatic carbocycles. The second kappa shape index (κ2) is 5.75. The van der Waals surface area contributed by atoms with E-state index in [2.05, 4.69) is 10.3 Å². The van der Waals surface area contributed by atoms with E-state index in [1.54, 1.807) is 18.5 Å². The second-order valence-electron chi connectivity index (χ2n) is 4.17. The molecule has 3 N–H and O–H groups in total. The lowest BCUT2D eigenvalue weighted by molar-refractivity contribution is -0.120. The Morgan fingerprint density at radius 2 is 2.59 bits per heavy atom. The molecular weight excluding hydrogens is 218 g/mol. The summed E-state index contributed by atoms with van der Waals surface area (Å²) in [5.41, 5.74) is 6.17. The monoisotopic (exact) mass is 235 g/mol. The maximum Gasteiger partial charge on any atom is 0.239 e. The maximum atomic E-state index is 11.4. The molecule has 0 bridgehead atoms. The molecule has 17 heavy (non-hydrogen) atoms. The Kier molecular flexibility index (Phi) is 4.06. The van der Waals surface area contributed by atoms with Crippen LogP contribution in [0.3, 0.4) is 0 Å². The third kappa shape index (κ3) is 3.25. The van der Waals surface area contributed by atoms with Crippen LogP contribution in [0.4, 0.5) is 0 Å². The van der Waals surface area contributed by atoms with Gasteiger partial charge in [-0.15, -0.1) is 0 Å². The topological polar surface area (TPSA) is 77.2 Å². The number of hydrogen-bond acceptors (Lipinski definition) is 4. The van der Waals surface area contributed by atoms with Crippen LogP contribution in [0.5, 0.6) is 0 Å². The van der Waals surface area contributed by atoms with Crippen LogP contribution in [0, 0.1) is 0 Å². The second-order valence-corrected chi connectivity index (χ2v) is 4.17.